The fourth-order valence-corrected chi connectivity index (χ4v) is 3.00. The van der Waals surface area contributed by atoms with Crippen molar-refractivity contribution in [1.82, 2.24) is 10.2 Å². The highest BCUT2D eigenvalue weighted by atomic mass is 16.2. The van der Waals surface area contributed by atoms with Crippen LogP contribution < -0.4 is 16.8 Å². The van der Waals surface area contributed by atoms with Gasteiger partial charge in [0.1, 0.15) is 0 Å². The first-order valence-corrected chi connectivity index (χ1v) is 7.08. The van der Waals surface area contributed by atoms with Gasteiger partial charge in [0.25, 0.3) is 0 Å². The van der Waals surface area contributed by atoms with E-state index in [1.54, 1.807) is 0 Å². The molecular weight excluding hydrogens is 244 g/mol. The fraction of sp³-hybridized carbons (Fsp3) is 0.846. The Morgan fingerprint density at radius 1 is 1.21 bits per heavy atom. The Hall–Kier alpha value is -1.14. The Morgan fingerprint density at radius 2 is 1.79 bits per heavy atom. The number of rotatable bonds is 5. The lowest BCUT2D eigenvalue weighted by Crippen LogP contribution is -2.56. The molecule has 0 bridgehead atoms. The van der Waals surface area contributed by atoms with Gasteiger partial charge < -0.3 is 11.5 Å². The van der Waals surface area contributed by atoms with Gasteiger partial charge in [-0.2, -0.15) is 0 Å². The maximum atomic E-state index is 11.7. The molecule has 0 unspecified atom stereocenters. The summed E-state index contributed by atoms with van der Waals surface area (Å²) in [5.74, 6) is -0.355. The van der Waals surface area contributed by atoms with Crippen molar-refractivity contribution in [3.63, 3.8) is 0 Å². The normalized spacial score (nSPS) is 18.9. The van der Waals surface area contributed by atoms with E-state index in [-0.39, 0.29) is 18.0 Å². The topological polar surface area (TPSA) is 101 Å². The molecule has 0 saturated heterocycles. The van der Waals surface area contributed by atoms with E-state index >= 15 is 0 Å². The van der Waals surface area contributed by atoms with Gasteiger partial charge in [-0.05, 0) is 19.4 Å². The van der Waals surface area contributed by atoms with E-state index in [4.69, 9.17) is 11.5 Å². The predicted molar refractivity (Wildman–Crippen MR) is 74.5 cm³/mol. The first-order chi connectivity index (χ1) is 9.04. The number of carbonyl (C=O) groups excluding carboxylic acids is 2. The summed E-state index contributed by atoms with van der Waals surface area (Å²) in [5.41, 5.74) is 10.9. The fourth-order valence-electron chi connectivity index (χ4n) is 3.00. The van der Waals surface area contributed by atoms with Gasteiger partial charge in [-0.25, -0.2) is 4.79 Å². The Labute approximate surface area is 114 Å². The Balaban J connectivity index is 2.73. The predicted octanol–water partition coefficient (Wildman–Crippen LogP) is 0.555. The molecule has 1 rings (SSSR count). The number of likely N-dealkylation sites (N-methyl/N-ethyl adjacent to an activating group) is 1. The molecule has 110 valence electrons. The molecule has 3 amide bonds. The molecule has 0 aliphatic heterocycles. The zero-order chi connectivity index (χ0) is 14.3. The van der Waals surface area contributed by atoms with Gasteiger partial charge in [0.2, 0.25) is 5.91 Å². The van der Waals surface area contributed by atoms with Crippen LogP contribution in [0.15, 0.2) is 0 Å². The summed E-state index contributed by atoms with van der Waals surface area (Å²) < 4.78 is 0. The van der Waals surface area contributed by atoms with Crippen molar-refractivity contribution in [2.45, 2.75) is 51.0 Å². The van der Waals surface area contributed by atoms with Crippen molar-refractivity contribution in [3.8, 4) is 0 Å². The van der Waals surface area contributed by atoms with Crippen molar-refractivity contribution < 1.29 is 9.59 Å². The summed E-state index contributed by atoms with van der Waals surface area (Å²) in [6, 6.07) is -0.802. The van der Waals surface area contributed by atoms with Gasteiger partial charge in [0, 0.05) is 12.1 Å². The lowest BCUT2D eigenvalue weighted by molar-refractivity contribution is -0.122. The molecule has 0 radical (unpaired) electrons. The SMILES string of the molecule is CCN(CC(=O)NC(N)=O)C1(CN)CCCCCC1. The number of urea groups is 1. The molecule has 1 aliphatic carbocycles. The third kappa shape index (κ3) is 4.47. The van der Waals surface area contributed by atoms with Crippen molar-refractivity contribution in [2.75, 3.05) is 19.6 Å². The second-order valence-corrected chi connectivity index (χ2v) is 5.27. The molecule has 6 nitrogen and oxygen atoms in total. The van der Waals surface area contributed by atoms with E-state index in [0.29, 0.717) is 6.54 Å². The summed E-state index contributed by atoms with van der Waals surface area (Å²) >= 11 is 0. The van der Waals surface area contributed by atoms with Crippen molar-refractivity contribution >= 4 is 11.9 Å². The van der Waals surface area contributed by atoms with Gasteiger partial charge in [-0.3, -0.25) is 15.0 Å². The standard InChI is InChI=1S/C13H26N4O2/c1-2-17(9-11(18)16-12(15)19)13(10-14)7-5-3-4-6-8-13/h2-10,14H2,1H3,(H3,15,16,18,19). The van der Waals surface area contributed by atoms with Crippen LogP contribution >= 0.6 is 0 Å². The van der Waals surface area contributed by atoms with E-state index < -0.39 is 6.03 Å². The van der Waals surface area contributed by atoms with Crippen molar-refractivity contribution in [3.05, 3.63) is 0 Å². The summed E-state index contributed by atoms with van der Waals surface area (Å²) in [4.78, 5) is 24.5. The maximum Gasteiger partial charge on any atom is 0.318 e. The summed E-state index contributed by atoms with van der Waals surface area (Å²) in [6.45, 7) is 3.48. The quantitative estimate of drug-likeness (QED) is 0.635. The van der Waals surface area contributed by atoms with Crippen LogP contribution in [0.3, 0.4) is 0 Å². The highest BCUT2D eigenvalue weighted by Gasteiger charge is 2.35. The van der Waals surface area contributed by atoms with Crippen LogP contribution in [-0.2, 0) is 4.79 Å². The highest BCUT2D eigenvalue weighted by molar-refractivity contribution is 5.94. The third-order valence-corrected chi connectivity index (χ3v) is 4.06. The van der Waals surface area contributed by atoms with Crippen LogP contribution in [-0.4, -0.2) is 42.0 Å². The first kappa shape index (κ1) is 15.9. The number of nitrogens with one attached hydrogen (secondary N) is 1. The van der Waals surface area contributed by atoms with Crippen LogP contribution in [0.1, 0.15) is 45.4 Å². The van der Waals surface area contributed by atoms with Gasteiger partial charge in [-0.1, -0.05) is 32.6 Å². The minimum Gasteiger partial charge on any atom is -0.351 e. The number of primary amides is 1. The van der Waals surface area contributed by atoms with Gasteiger partial charge in [0.15, 0.2) is 0 Å². The minimum atomic E-state index is -0.802. The average Bonchev–Trinajstić information content (AvgIpc) is 2.61. The van der Waals surface area contributed by atoms with E-state index in [9.17, 15) is 9.59 Å². The van der Waals surface area contributed by atoms with Crippen LogP contribution in [0, 0.1) is 0 Å². The average molecular weight is 270 g/mol. The molecule has 6 heteroatoms. The second-order valence-electron chi connectivity index (χ2n) is 5.27. The van der Waals surface area contributed by atoms with E-state index in [1.165, 1.54) is 12.8 Å². The molecule has 1 saturated carbocycles. The number of carbonyl (C=O) groups is 2. The largest absolute Gasteiger partial charge is 0.351 e. The number of hydrogen-bond acceptors (Lipinski definition) is 4. The highest BCUT2D eigenvalue weighted by Crippen LogP contribution is 2.31. The molecule has 5 N–H and O–H groups in total. The Bertz CT molecular complexity index is 312. The lowest BCUT2D eigenvalue weighted by atomic mass is 9.88. The summed E-state index contributed by atoms with van der Waals surface area (Å²) in [6.07, 6.45) is 6.78. The number of nitrogens with zero attached hydrogens (tertiary/aromatic N) is 1. The van der Waals surface area contributed by atoms with Crippen LogP contribution in [0.5, 0.6) is 0 Å². The second kappa shape index (κ2) is 7.45. The zero-order valence-electron chi connectivity index (χ0n) is 11.8. The van der Waals surface area contributed by atoms with Crippen molar-refractivity contribution in [2.24, 2.45) is 11.5 Å². The molecular formula is C13H26N4O2. The Morgan fingerprint density at radius 3 is 2.21 bits per heavy atom. The monoisotopic (exact) mass is 270 g/mol. The van der Waals surface area contributed by atoms with Gasteiger partial charge in [0.05, 0.1) is 6.54 Å². The maximum absolute atomic E-state index is 11.7. The lowest BCUT2D eigenvalue weighted by Gasteiger charge is -2.42. The van der Waals surface area contributed by atoms with E-state index in [1.807, 2.05) is 6.92 Å². The summed E-state index contributed by atoms with van der Waals surface area (Å²) in [5, 5.41) is 2.12. The molecule has 19 heavy (non-hydrogen) atoms. The molecule has 0 aromatic rings. The van der Waals surface area contributed by atoms with Crippen LogP contribution in [0.25, 0.3) is 0 Å². The number of hydrogen-bond donors (Lipinski definition) is 3. The number of amides is 3. The molecule has 0 aromatic carbocycles. The smallest absolute Gasteiger partial charge is 0.318 e. The molecule has 1 aliphatic rings. The molecule has 0 aromatic heterocycles. The minimum absolute atomic E-state index is 0.111. The summed E-state index contributed by atoms with van der Waals surface area (Å²) in [7, 11) is 0. The van der Waals surface area contributed by atoms with E-state index in [0.717, 1.165) is 32.2 Å². The third-order valence-electron chi connectivity index (χ3n) is 4.06. The van der Waals surface area contributed by atoms with Crippen LogP contribution in [0.2, 0.25) is 0 Å². The van der Waals surface area contributed by atoms with Crippen LogP contribution in [0.4, 0.5) is 4.79 Å². The molecule has 1 fully saturated rings. The van der Waals surface area contributed by atoms with Crippen molar-refractivity contribution in [1.29, 1.82) is 0 Å². The number of imide groups is 1. The first-order valence-electron chi connectivity index (χ1n) is 7.08. The molecule has 0 heterocycles. The van der Waals surface area contributed by atoms with Gasteiger partial charge in [-0.15, -0.1) is 0 Å². The molecule has 0 spiro atoms. The van der Waals surface area contributed by atoms with E-state index in [2.05, 4.69) is 10.2 Å². The van der Waals surface area contributed by atoms with Gasteiger partial charge >= 0.3 is 6.03 Å². The zero-order valence-corrected chi connectivity index (χ0v) is 11.8. The number of nitrogens with two attached hydrogens (primary N) is 2. The Kier molecular flexibility index (Phi) is 6.24. The molecule has 0 atom stereocenters.